The van der Waals surface area contributed by atoms with Crippen molar-refractivity contribution < 1.29 is 19.6 Å². The van der Waals surface area contributed by atoms with E-state index in [4.69, 9.17) is 5.11 Å². The average Bonchev–Trinajstić information content (AvgIpc) is 3.35. The molecule has 1 aliphatic rings. The fourth-order valence-electron chi connectivity index (χ4n) is 3.08. The van der Waals surface area contributed by atoms with Gasteiger partial charge in [0.25, 0.3) is 11.6 Å². The van der Waals surface area contributed by atoms with Gasteiger partial charge in [0.1, 0.15) is 0 Å². The van der Waals surface area contributed by atoms with Gasteiger partial charge >= 0.3 is 5.97 Å². The minimum atomic E-state index is -1.02. The highest BCUT2D eigenvalue weighted by Gasteiger charge is 2.30. The standard InChI is InChI=1S/C22H16N4O5S/c1-24-20(27)19(32-22(24)23-15-9-7-14(8-10-15)21(28)29)13-17-6-3-11-25(17)16-4-2-5-18(12-16)26(30)31/h2-13H,1H3,(H,28,29). The van der Waals surface area contributed by atoms with Gasteiger partial charge in [-0.2, -0.15) is 0 Å². The van der Waals surface area contributed by atoms with E-state index in [1.165, 1.54) is 40.9 Å². The lowest BCUT2D eigenvalue weighted by molar-refractivity contribution is -0.384. The zero-order valence-corrected chi connectivity index (χ0v) is 17.5. The summed E-state index contributed by atoms with van der Waals surface area (Å²) in [5.74, 6) is -1.26. The maximum atomic E-state index is 12.7. The Labute approximate surface area is 186 Å². The van der Waals surface area contributed by atoms with Gasteiger partial charge in [0, 0.05) is 31.1 Å². The first-order valence-corrected chi connectivity index (χ1v) is 10.2. The number of non-ortho nitro benzene ring substituents is 1. The SMILES string of the molecule is CN1C(=O)C(=Cc2cccn2-c2cccc([N+](=O)[O-])c2)SC1=Nc1ccc(C(=O)O)cc1. The first-order chi connectivity index (χ1) is 15.3. The first-order valence-electron chi connectivity index (χ1n) is 9.35. The number of benzene rings is 2. The third-order valence-electron chi connectivity index (χ3n) is 4.72. The van der Waals surface area contributed by atoms with Crippen LogP contribution in [-0.4, -0.2) is 43.6 Å². The van der Waals surface area contributed by atoms with Crippen LogP contribution in [0.1, 0.15) is 16.1 Å². The van der Waals surface area contributed by atoms with Crippen LogP contribution in [0.2, 0.25) is 0 Å². The van der Waals surface area contributed by atoms with Gasteiger partial charge in [-0.25, -0.2) is 9.79 Å². The topological polar surface area (TPSA) is 118 Å². The lowest BCUT2D eigenvalue weighted by atomic mass is 10.2. The number of carboxylic acid groups (broad SMARTS) is 1. The fraction of sp³-hybridized carbons (Fsp3) is 0.0455. The van der Waals surface area contributed by atoms with E-state index in [-0.39, 0.29) is 17.2 Å². The van der Waals surface area contributed by atoms with Crippen LogP contribution in [0.4, 0.5) is 11.4 Å². The molecule has 1 fully saturated rings. The van der Waals surface area contributed by atoms with Gasteiger partial charge in [0.05, 0.1) is 26.8 Å². The van der Waals surface area contributed by atoms with E-state index in [1.54, 1.807) is 60.3 Å². The van der Waals surface area contributed by atoms with Gasteiger partial charge in [-0.3, -0.25) is 19.8 Å². The molecule has 1 aromatic heterocycles. The molecule has 0 aliphatic carbocycles. The van der Waals surface area contributed by atoms with Gasteiger partial charge in [-0.05, 0) is 60.3 Å². The molecule has 0 bridgehead atoms. The molecule has 9 nitrogen and oxygen atoms in total. The monoisotopic (exact) mass is 448 g/mol. The predicted octanol–water partition coefficient (Wildman–Crippen LogP) is 4.32. The summed E-state index contributed by atoms with van der Waals surface area (Å²) >= 11 is 1.19. The summed E-state index contributed by atoms with van der Waals surface area (Å²) in [6, 6.07) is 15.9. The molecule has 0 atom stereocenters. The molecule has 3 aromatic rings. The number of nitro benzene ring substituents is 1. The summed E-state index contributed by atoms with van der Waals surface area (Å²) in [6.45, 7) is 0. The van der Waals surface area contributed by atoms with Crippen molar-refractivity contribution in [2.75, 3.05) is 7.05 Å². The van der Waals surface area contributed by atoms with Gasteiger partial charge in [-0.1, -0.05) is 6.07 Å². The molecule has 0 saturated carbocycles. The lowest BCUT2D eigenvalue weighted by Gasteiger charge is -2.07. The van der Waals surface area contributed by atoms with E-state index in [0.717, 1.165) is 0 Å². The molecule has 160 valence electrons. The Kier molecular flexibility index (Phi) is 5.61. The molecule has 1 amide bonds. The number of aromatic carboxylic acids is 1. The number of carboxylic acids is 1. The van der Waals surface area contributed by atoms with E-state index >= 15 is 0 Å². The summed E-state index contributed by atoms with van der Waals surface area (Å²) in [5, 5.41) is 20.6. The average molecular weight is 448 g/mol. The van der Waals surface area contributed by atoms with Crippen molar-refractivity contribution in [1.29, 1.82) is 0 Å². The van der Waals surface area contributed by atoms with Gasteiger partial charge in [0.2, 0.25) is 0 Å². The van der Waals surface area contributed by atoms with E-state index in [9.17, 15) is 19.7 Å². The molecule has 32 heavy (non-hydrogen) atoms. The van der Waals surface area contributed by atoms with E-state index in [2.05, 4.69) is 4.99 Å². The van der Waals surface area contributed by atoms with Crippen molar-refractivity contribution in [2.45, 2.75) is 0 Å². The number of hydrogen-bond donors (Lipinski definition) is 1. The van der Waals surface area contributed by atoms with Crippen LogP contribution in [0, 0.1) is 10.1 Å². The van der Waals surface area contributed by atoms with E-state index in [0.29, 0.717) is 27.1 Å². The van der Waals surface area contributed by atoms with Crippen molar-refractivity contribution >= 4 is 46.3 Å². The summed E-state index contributed by atoms with van der Waals surface area (Å²) < 4.78 is 1.76. The van der Waals surface area contributed by atoms with Gasteiger partial charge in [0.15, 0.2) is 5.17 Å². The Hall–Kier alpha value is -4.18. The zero-order chi connectivity index (χ0) is 22.8. The lowest BCUT2D eigenvalue weighted by Crippen LogP contribution is -2.23. The highest BCUT2D eigenvalue weighted by Crippen LogP contribution is 2.33. The van der Waals surface area contributed by atoms with E-state index < -0.39 is 10.9 Å². The maximum absolute atomic E-state index is 12.7. The smallest absolute Gasteiger partial charge is 0.335 e. The predicted molar refractivity (Wildman–Crippen MR) is 121 cm³/mol. The third-order valence-corrected chi connectivity index (χ3v) is 5.78. The highest BCUT2D eigenvalue weighted by atomic mass is 32.2. The molecular weight excluding hydrogens is 432 g/mol. The number of amidine groups is 1. The summed E-state index contributed by atoms with van der Waals surface area (Å²) in [6.07, 6.45) is 3.47. The quantitative estimate of drug-likeness (QED) is 0.353. The van der Waals surface area contributed by atoms with Crippen molar-refractivity contribution in [3.8, 4) is 5.69 Å². The number of carbonyl (C=O) groups excluding carboxylic acids is 1. The number of thioether (sulfide) groups is 1. The molecule has 2 aromatic carbocycles. The second kappa shape index (κ2) is 8.52. The van der Waals surface area contributed by atoms with Crippen LogP contribution >= 0.6 is 11.8 Å². The van der Waals surface area contributed by atoms with Crippen molar-refractivity contribution in [3.63, 3.8) is 0 Å². The molecule has 1 N–H and O–H groups in total. The van der Waals surface area contributed by atoms with Crippen molar-refractivity contribution in [1.82, 2.24) is 9.47 Å². The van der Waals surface area contributed by atoms with Crippen LogP contribution in [0.5, 0.6) is 0 Å². The fourth-order valence-corrected chi connectivity index (χ4v) is 4.05. The van der Waals surface area contributed by atoms with Crippen LogP contribution in [0.15, 0.2) is 76.8 Å². The molecule has 1 aliphatic heterocycles. The number of carbonyl (C=O) groups is 2. The largest absolute Gasteiger partial charge is 0.478 e. The molecule has 1 saturated heterocycles. The van der Waals surface area contributed by atoms with Gasteiger partial charge < -0.3 is 9.67 Å². The van der Waals surface area contributed by atoms with Crippen molar-refractivity contribution in [3.05, 3.63) is 93.1 Å². The minimum Gasteiger partial charge on any atom is -0.478 e. The number of likely N-dealkylation sites (N-methyl/N-ethyl adjacent to an activating group) is 1. The summed E-state index contributed by atoms with van der Waals surface area (Å²) in [5.41, 5.74) is 1.94. The van der Waals surface area contributed by atoms with Crippen LogP contribution in [0.3, 0.4) is 0 Å². The molecule has 0 radical (unpaired) electrons. The van der Waals surface area contributed by atoms with Crippen LogP contribution in [0.25, 0.3) is 11.8 Å². The molecule has 10 heteroatoms. The summed E-state index contributed by atoms with van der Waals surface area (Å²) in [7, 11) is 1.61. The Morgan fingerprint density at radius 2 is 1.91 bits per heavy atom. The Balaban J connectivity index is 1.63. The first kappa shape index (κ1) is 21.1. The second-order valence-corrected chi connectivity index (χ2v) is 7.81. The number of hydrogen-bond acceptors (Lipinski definition) is 6. The minimum absolute atomic E-state index is 0.0239. The summed E-state index contributed by atoms with van der Waals surface area (Å²) in [4.78, 5) is 40.7. The molecule has 2 heterocycles. The highest BCUT2D eigenvalue weighted by molar-refractivity contribution is 8.18. The molecule has 0 unspecified atom stereocenters. The van der Waals surface area contributed by atoms with Crippen LogP contribution in [-0.2, 0) is 4.79 Å². The number of aromatic nitrogens is 1. The molecule has 0 spiro atoms. The number of amides is 1. The Morgan fingerprint density at radius 1 is 1.16 bits per heavy atom. The molecule has 4 rings (SSSR count). The van der Waals surface area contributed by atoms with Crippen LogP contribution < -0.4 is 0 Å². The number of nitrogens with zero attached hydrogens (tertiary/aromatic N) is 4. The normalized spacial score (nSPS) is 16.2. The number of aliphatic imine (C=N–C) groups is 1. The maximum Gasteiger partial charge on any atom is 0.335 e. The van der Waals surface area contributed by atoms with Crippen molar-refractivity contribution in [2.24, 2.45) is 4.99 Å². The van der Waals surface area contributed by atoms with Gasteiger partial charge in [-0.15, -0.1) is 0 Å². The second-order valence-electron chi connectivity index (χ2n) is 6.80. The Morgan fingerprint density at radius 3 is 2.59 bits per heavy atom. The Bertz CT molecular complexity index is 1290. The number of rotatable bonds is 5. The van der Waals surface area contributed by atoms with E-state index in [1.807, 2.05) is 0 Å². The molecular formula is C22H16N4O5S. The zero-order valence-electron chi connectivity index (χ0n) is 16.7. The third kappa shape index (κ3) is 4.16. The number of nitro groups is 1.